The number of methoxy groups -OCH3 is 1. The average Bonchev–Trinajstić information content (AvgIpc) is 2.90. The largest absolute Gasteiger partial charge is 0.493 e. The van der Waals surface area contributed by atoms with Gasteiger partial charge in [-0.05, 0) is 58.7 Å². The smallest absolute Gasteiger partial charge is 0.271 e. The number of nitrogens with zero attached hydrogens (tertiary/aromatic N) is 1. The van der Waals surface area contributed by atoms with Gasteiger partial charge >= 0.3 is 0 Å². The molecule has 6 heteroatoms. The SMILES string of the molecule is CCCOc1ccc(C(=O)N/N=C/c2cccc(OCc3cccc4ccccc34)c2)cc1OC. The van der Waals surface area contributed by atoms with Crippen molar-refractivity contribution >= 4 is 22.9 Å². The highest BCUT2D eigenvalue weighted by Gasteiger charge is 2.10. The van der Waals surface area contributed by atoms with Crippen LogP contribution in [0.15, 0.2) is 90.0 Å². The number of ether oxygens (including phenoxy) is 3. The molecule has 0 saturated carbocycles. The van der Waals surface area contributed by atoms with Crippen molar-refractivity contribution in [3.8, 4) is 17.2 Å². The second kappa shape index (κ2) is 11.7. The Labute approximate surface area is 205 Å². The molecule has 0 aromatic heterocycles. The summed E-state index contributed by atoms with van der Waals surface area (Å²) in [5.41, 5.74) is 4.91. The third kappa shape index (κ3) is 6.18. The molecule has 0 bridgehead atoms. The van der Waals surface area contributed by atoms with E-state index >= 15 is 0 Å². The summed E-state index contributed by atoms with van der Waals surface area (Å²) >= 11 is 0. The zero-order valence-electron chi connectivity index (χ0n) is 19.9. The maximum absolute atomic E-state index is 12.5. The fourth-order valence-corrected chi connectivity index (χ4v) is 3.63. The van der Waals surface area contributed by atoms with E-state index in [9.17, 15) is 4.79 Å². The third-order valence-corrected chi connectivity index (χ3v) is 5.40. The number of hydrazone groups is 1. The van der Waals surface area contributed by atoms with Crippen LogP contribution in [0, 0.1) is 0 Å². The van der Waals surface area contributed by atoms with Crippen molar-refractivity contribution in [2.45, 2.75) is 20.0 Å². The summed E-state index contributed by atoms with van der Waals surface area (Å²) in [7, 11) is 1.54. The average molecular weight is 469 g/mol. The first kappa shape index (κ1) is 23.8. The van der Waals surface area contributed by atoms with Gasteiger partial charge in [0, 0.05) is 5.56 Å². The van der Waals surface area contributed by atoms with Crippen molar-refractivity contribution < 1.29 is 19.0 Å². The first-order valence-electron chi connectivity index (χ1n) is 11.5. The normalized spacial score (nSPS) is 10.9. The van der Waals surface area contributed by atoms with Gasteiger partial charge in [0.05, 0.1) is 19.9 Å². The van der Waals surface area contributed by atoms with Crippen molar-refractivity contribution in [2.24, 2.45) is 5.10 Å². The number of carbonyl (C=O) groups excluding carboxylic acids is 1. The van der Waals surface area contributed by atoms with Crippen LogP contribution in [0.3, 0.4) is 0 Å². The van der Waals surface area contributed by atoms with E-state index in [1.54, 1.807) is 31.5 Å². The van der Waals surface area contributed by atoms with Crippen molar-refractivity contribution in [1.29, 1.82) is 0 Å². The number of nitrogens with one attached hydrogen (secondary N) is 1. The quantitative estimate of drug-likeness (QED) is 0.230. The number of fused-ring (bicyclic) bond motifs is 1. The lowest BCUT2D eigenvalue weighted by atomic mass is 10.1. The molecule has 0 spiro atoms. The minimum absolute atomic E-state index is 0.343. The number of benzene rings is 4. The van der Waals surface area contributed by atoms with Gasteiger partial charge in [0.1, 0.15) is 12.4 Å². The van der Waals surface area contributed by atoms with Crippen LogP contribution in [0.5, 0.6) is 17.2 Å². The van der Waals surface area contributed by atoms with Crippen LogP contribution < -0.4 is 19.6 Å². The molecule has 178 valence electrons. The Hall–Kier alpha value is -4.32. The molecule has 0 heterocycles. The lowest BCUT2D eigenvalue weighted by Gasteiger charge is -2.11. The van der Waals surface area contributed by atoms with Gasteiger partial charge in [-0.1, -0.05) is 61.5 Å². The van der Waals surface area contributed by atoms with E-state index in [0.29, 0.717) is 30.3 Å². The summed E-state index contributed by atoms with van der Waals surface area (Å²) in [4.78, 5) is 12.5. The van der Waals surface area contributed by atoms with Crippen molar-refractivity contribution in [3.05, 3.63) is 102 Å². The zero-order chi connectivity index (χ0) is 24.5. The van der Waals surface area contributed by atoms with Crippen LogP contribution in [-0.2, 0) is 6.61 Å². The van der Waals surface area contributed by atoms with Crippen LogP contribution in [0.2, 0.25) is 0 Å². The van der Waals surface area contributed by atoms with E-state index in [0.717, 1.165) is 23.3 Å². The lowest BCUT2D eigenvalue weighted by molar-refractivity contribution is 0.0954. The Balaban J connectivity index is 1.37. The molecule has 0 radical (unpaired) electrons. The van der Waals surface area contributed by atoms with E-state index in [2.05, 4.69) is 34.8 Å². The van der Waals surface area contributed by atoms with Gasteiger partial charge < -0.3 is 14.2 Å². The van der Waals surface area contributed by atoms with Gasteiger partial charge in [-0.2, -0.15) is 5.10 Å². The van der Waals surface area contributed by atoms with Crippen molar-refractivity contribution in [2.75, 3.05) is 13.7 Å². The molecule has 1 N–H and O–H groups in total. The monoisotopic (exact) mass is 468 g/mol. The Kier molecular flexibility index (Phi) is 7.96. The molecular weight excluding hydrogens is 440 g/mol. The van der Waals surface area contributed by atoms with Crippen LogP contribution in [0.25, 0.3) is 10.8 Å². The summed E-state index contributed by atoms with van der Waals surface area (Å²) in [6, 6.07) is 27.1. The van der Waals surface area contributed by atoms with E-state index in [1.165, 1.54) is 10.8 Å². The number of hydrogen-bond acceptors (Lipinski definition) is 5. The highest BCUT2D eigenvalue weighted by molar-refractivity contribution is 5.95. The molecule has 6 nitrogen and oxygen atoms in total. The number of rotatable bonds is 10. The number of amides is 1. The Morgan fingerprint density at radius 3 is 2.60 bits per heavy atom. The van der Waals surface area contributed by atoms with Gasteiger partial charge in [0.25, 0.3) is 5.91 Å². The lowest BCUT2D eigenvalue weighted by Crippen LogP contribution is -2.17. The maximum Gasteiger partial charge on any atom is 0.271 e. The first-order chi connectivity index (χ1) is 17.2. The van der Waals surface area contributed by atoms with Gasteiger partial charge in [0.2, 0.25) is 0 Å². The van der Waals surface area contributed by atoms with E-state index < -0.39 is 0 Å². The van der Waals surface area contributed by atoms with Gasteiger partial charge in [-0.3, -0.25) is 4.79 Å². The molecule has 4 aromatic rings. The maximum atomic E-state index is 12.5. The molecule has 4 aromatic carbocycles. The van der Waals surface area contributed by atoms with Gasteiger partial charge in [0.15, 0.2) is 11.5 Å². The molecule has 0 atom stereocenters. The number of hydrogen-bond donors (Lipinski definition) is 1. The van der Waals surface area contributed by atoms with Crippen molar-refractivity contribution in [3.63, 3.8) is 0 Å². The van der Waals surface area contributed by atoms with Crippen LogP contribution >= 0.6 is 0 Å². The minimum Gasteiger partial charge on any atom is -0.493 e. The van der Waals surface area contributed by atoms with E-state index in [-0.39, 0.29) is 5.91 Å². The van der Waals surface area contributed by atoms with Gasteiger partial charge in [-0.15, -0.1) is 0 Å². The predicted molar refractivity (Wildman–Crippen MR) is 139 cm³/mol. The van der Waals surface area contributed by atoms with Crippen LogP contribution in [-0.4, -0.2) is 25.8 Å². The topological polar surface area (TPSA) is 69.2 Å². The fraction of sp³-hybridized carbons (Fsp3) is 0.172. The summed E-state index contributed by atoms with van der Waals surface area (Å²) in [6.45, 7) is 3.06. The Morgan fingerprint density at radius 2 is 1.74 bits per heavy atom. The minimum atomic E-state index is -0.343. The molecule has 4 rings (SSSR count). The van der Waals surface area contributed by atoms with E-state index in [1.807, 2.05) is 49.4 Å². The zero-order valence-corrected chi connectivity index (χ0v) is 19.9. The second-order valence-electron chi connectivity index (χ2n) is 7.91. The summed E-state index contributed by atoms with van der Waals surface area (Å²) in [5, 5.41) is 6.46. The molecule has 0 unspecified atom stereocenters. The highest BCUT2D eigenvalue weighted by Crippen LogP contribution is 2.28. The molecule has 0 saturated heterocycles. The molecule has 0 aliphatic rings. The van der Waals surface area contributed by atoms with Crippen LogP contribution in [0.1, 0.15) is 34.8 Å². The molecular formula is C29H28N2O4. The molecule has 0 aliphatic carbocycles. The van der Waals surface area contributed by atoms with E-state index in [4.69, 9.17) is 14.2 Å². The van der Waals surface area contributed by atoms with Crippen molar-refractivity contribution in [1.82, 2.24) is 5.43 Å². The summed E-state index contributed by atoms with van der Waals surface area (Å²) in [5.74, 6) is 1.49. The predicted octanol–water partition coefficient (Wildman–Crippen LogP) is 5.98. The molecule has 0 aliphatic heterocycles. The molecule has 35 heavy (non-hydrogen) atoms. The summed E-state index contributed by atoms with van der Waals surface area (Å²) in [6.07, 6.45) is 2.47. The standard InChI is InChI=1S/C29H28N2O4/c1-3-16-34-27-15-14-23(18-28(27)33-2)29(32)31-30-19-21-8-6-12-25(17-21)35-20-24-11-7-10-22-9-4-5-13-26(22)24/h4-15,17-19H,3,16,20H2,1-2H3,(H,31,32)/b30-19+. The second-order valence-corrected chi connectivity index (χ2v) is 7.91. The Morgan fingerprint density at radius 1 is 0.914 bits per heavy atom. The first-order valence-corrected chi connectivity index (χ1v) is 11.5. The summed E-state index contributed by atoms with van der Waals surface area (Å²) < 4.78 is 17.0. The van der Waals surface area contributed by atoms with Gasteiger partial charge in [-0.25, -0.2) is 5.43 Å². The molecule has 0 fully saturated rings. The van der Waals surface area contributed by atoms with Crippen LogP contribution in [0.4, 0.5) is 0 Å². The number of carbonyl (C=O) groups is 1. The Bertz CT molecular complexity index is 1330. The molecule has 1 amide bonds. The third-order valence-electron chi connectivity index (χ3n) is 5.40. The fourth-order valence-electron chi connectivity index (χ4n) is 3.63. The highest BCUT2D eigenvalue weighted by atomic mass is 16.5.